The van der Waals surface area contributed by atoms with Gasteiger partial charge in [0.15, 0.2) is 0 Å². The van der Waals surface area contributed by atoms with Gasteiger partial charge in [-0.05, 0) is 55.1 Å². The van der Waals surface area contributed by atoms with Gasteiger partial charge >= 0.3 is 0 Å². The molecular formula is C25H30N4O. The monoisotopic (exact) mass is 402 g/mol. The highest BCUT2D eigenvalue weighted by molar-refractivity contribution is 5.60. The minimum atomic E-state index is -0.963. The molecular weight excluding hydrogens is 372 g/mol. The number of piperidine rings is 1. The third-order valence-corrected chi connectivity index (χ3v) is 6.17. The lowest BCUT2D eigenvalue weighted by Gasteiger charge is -2.42. The maximum Gasteiger partial charge on any atom is 0.149 e. The van der Waals surface area contributed by atoms with Gasteiger partial charge in [0.25, 0.3) is 0 Å². The van der Waals surface area contributed by atoms with Gasteiger partial charge in [-0.3, -0.25) is 0 Å². The summed E-state index contributed by atoms with van der Waals surface area (Å²) >= 11 is 0. The van der Waals surface area contributed by atoms with Crippen LogP contribution in [0.25, 0.3) is 0 Å². The van der Waals surface area contributed by atoms with Gasteiger partial charge in [0.05, 0.1) is 5.69 Å². The Morgan fingerprint density at radius 2 is 1.53 bits per heavy atom. The van der Waals surface area contributed by atoms with Crippen molar-refractivity contribution in [2.75, 3.05) is 37.2 Å². The first kappa shape index (κ1) is 20.4. The van der Waals surface area contributed by atoms with Crippen molar-refractivity contribution in [1.29, 1.82) is 0 Å². The second kappa shape index (κ2) is 9.28. The number of nitrogens with zero attached hydrogens (tertiary/aromatic N) is 2. The Bertz CT molecular complexity index is 885. The average Bonchev–Trinajstić information content (AvgIpc) is 2.81. The van der Waals surface area contributed by atoms with Gasteiger partial charge < -0.3 is 21.1 Å². The Balaban J connectivity index is 1.40. The number of hydrogen-bond acceptors (Lipinski definition) is 5. The van der Waals surface area contributed by atoms with E-state index in [1.165, 1.54) is 0 Å². The molecule has 1 aliphatic heterocycles. The topological polar surface area (TPSA) is 74.4 Å². The molecule has 2 aromatic carbocycles. The molecule has 2 heterocycles. The third kappa shape index (κ3) is 4.32. The van der Waals surface area contributed by atoms with Crippen molar-refractivity contribution in [2.24, 2.45) is 5.92 Å². The van der Waals surface area contributed by atoms with E-state index in [1.807, 2.05) is 72.8 Å². The molecule has 30 heavy (non-hydrogen) atoms. The largest absolute Gasteiger partial charge is 0.396 e. The van der Waals surface area contributed by atoms with Crippen molar-refractivity contribution < 1.29 is 5.11 Å². The lowest BCUT2D eigenvalue weighted by Crippen LogP contribution is -2.45. The van der Waals surface area contributed by atoms with E-state index >= 15 is 0 Å². The summed E-state index contributed by atoms with van der Waals surface area (Å²) in [7, 11) is 0. The van der Waals surface area contributed by atoms with Gasteiger partial charge in [0.1, 0.15) is 11.4 Å². The Hall–Kier alpha value is -2.89. The smallest absolute Gasteiger partial charge is 0.149 e. The number of aromatic nitrogens is 1. The minimum Gasteiger partial charge on any atom is -0.396 e. The van der Waals surface area contributed by atoms with Crippen LogP contribution in [0.1, 0.15) is 24.0 Å². The fourth-order valence-corrected chi connectivity index (χ4v) is 4.49. The van der Waals surface area contributed by atoms with Crippen molar-refractivity contribution in [3.05, 3.63) is 90.1 Å². The summed E-state index contributed by atoms with van der Waals surface area (Å²) in [5, 5.41) is 15.3. The second-order valence-corrected chi connectivity index (χ2v) is 7.98. The molecule has 4 N–H and O–H groups in total. The van der Waals surface area contributed by atoms with E-state index in [0.717, 1.165) is 56.0 Å². The number of anilines is 2. The van der Waals surface area contributed by atoms with Gasteiger partial charge in [-0.1, -0.05) is 60.7 Å². The predicted molar refractivity (Wildman–Crippen MR) is 122 cm³/mol. The molecule has 1 saturated heterocycles. The molecule has 4 rings (SSSR count). The van der Waals surface area contributed by atoms with Crippen molar-refractivity contribution in [1.82, 2.24) is 9.88 Å². The van der Waals surface area contributed by atoms with Crippen LogP contribution < -0.4 is 11.1 Å². The van der Waals surface area contributed by atoms with Crippen LogP contribution in [0.4, 0.5) is 11.5 Å². The highest BCUT2D eigenvalue weighted by Crippen LogP contribution is 2.41. The average molecular weight is 403 g/mol. The van der Waals surface area contributed by atoms with Crippen LogP contribution in [0.15, 0.2) is 79.0 Å². The molecule has 1 aromatic heterocycles. The van der Waals surface area contributed by atoms with E-state index in [2.05, 4.69) is 15.2 Å². The Morgan fingerprint density at radius 3 is 2.10 bits per heavy atom. The van der Waals surface area contributed by atoms with Crippen molar-refractivity contribution >= 4 is 11.5 Å². The maximum absolute atomic E-state index is 12.0. The molecule has 156 valence electrons. The molecule has 5 nitrogen and oxygen atoms in total. The summed E-state index contributed by atoms with van der Waals surface area (Å²) in [6.45, 7) is 3.66. The molecule has 0 spiro atoms. The van der Waals surface area contributed by atoms with Crippen LogP contribution in [0.3, 0.4) is 0 Å². The van der Waals surface area contributed by atoms with E-state index in [0.29, 0.717) is 5.69 Å². The number of hydrogen-bond donors (Lipinski definition) is 3. The Kier molecular flexibility index (Phi) is 6.31. The quantitative estimate of drug-likeness (QED) is 0.562. The van der Waals surface area contributed by atoms with Gasteiger partial charge in [-0.2, -0.15) is 0 Å². The highest BCUT2D eigenvalue weighted by atomic mass is 16.3. The first-order chi connectivity index (χ1) is 14.7. The van der Waals surface area contributed by atoms with E-state index in [-0.39, 0.29) is 5.92 Å². The molecule has 1 fully saturated rings. The zero-order valence-electron chi connectivity index (χ0n) is 17.2. The van der Waals surface area contributed by atoms with Crippen LogP contribution in [0, 0.1) is 5.92 Å². The molecule has 1 aliphatic rings. The number of nitrogens with one attached hydrogen (secondary N) is 1. The molecule has 3 aromatic rings. The summed E-state index contributed by atoms with van der Waals surface area (Å²) in [4.78, 5) is 6.73. The number of nitrogen functional groups attached to an aromatic ring is 1. The van der Waals surface area contributed by atoms with Crippen LogP contribution in [0.2, 0.25) is 0 Å². The molecule has 0 saturated carbocycles. The molecule has 0 amide bonds. The maximum atomic E-state index is 12.0. The standard InChI is InChI=1S/C25H30N4O/c26-23-12-7-15-27-24(23)28-16-19-29-17-13-22(14-18-29)25(30,20-8-3-1-4-9-20)21-10-5-2-6-11-21/h1-12,15,22,30H,13-14,16-19,26H2,(H,27,28). The van der Waals surface area contributed by atoms with E-state index in [1.54, 1.807) is 6.20 Å². The lowest BCUT2D eigenvalue weighted by atomic mass is 9.72. The Labute approximate surface area is 178 Å². The lowest BCUT2D eigenvalue weighted by molar-refractivity contribution is -0.0136. The zero-order valence-corrected chi connectivity index (χ0v) is 17.2. The van der Waals surface area contributed by atoms with Crippen molar-refractivity contribution in [3.63, 3.8) is 0 Å². The SMILES string of the molecule is Nc1cccnc1NCCN1CCC(C(O)(c2ccccc2)c2ccccc2)CC1. The number of pyridine rings is 1. The molecule has 0 bridgehead atoms. The minimum absolute atomic E-state index is 0.179. The normalized spacial score (nSPS) is 15.8. The zero-order chi connectivity index (χ0) is 20.8. The summed E-state index contributed by atoms with van der Waals surface area (Å²) in [5.74, 6) is 0.924. The number of benzene rings is 2. The third-order valence-electron chi connectivity index (χ3n) is 6.17. The summed E-state index contributed by atoms with van der Waals surface area (Å²) in [6, 6.07) is 23.9. The summed E-state index contributed by atoms with van der Waals surface area (Å²) < 4.78 is 0. The van der Waals surface area contributed by atoms with Crippen molar-refractivity contribution in [3.8, 4) is 0 Å². The molecule has 0 aliphatic carbocycles. The van der Waals surface area contributed by atoms with Gasteiger partial charge in [-0.25, -0.2) is 4.98 Å². The number of aliphatic hydroxyl groups is 1. The van der Waals surface area contributed by atoms with Crippen LogP contribution >= 0.6 is 0 Å². The first-order valence-electron chi connectivity index (χ1n) is 10.7. The van der Waals surface area contributed by atoms with Gasteiger partial charge in [-0.15, -0.1) is 0 Å². The molecule has 5 heteroatoms. The first-order valence-corrected chi connectivity index (χ1v) is 10.7. The summed E-state index contributed by atoms with van der Waals surface area (Å²) in [6.07, 6.45) is 3.65. The van der Waals surface area contributed by atoms with Gasteiger partial charge in [0.2, 0.25) is 0 Å². The predicted octanol–water partition coefficient (Wildman–Crippen LogP) is 3.72. The van der Waals surface area contributed by atoms with E-state index in [4.69, 9.17) is 5.73 Å². The van der Waals surface area contributed by atoms with Crippen molar-refractivity contribution in [2.45, 2.75) is 18.4 Å². The van der Waals surface area contributed by atoms with E-state index in [9.17, 15) is 5.11 Å². The molecule has 0 atom stereocenters. The Morgan fingerprint density at radius 1 is 0.933 bits per heavy atom. The highest BCUT2D eigenvalue weighted by Gasteiger charge is 2.41. The fraction of sp³-hybridized carbons (Fsp3) is 0.320. The fourth-order valence-electron chi connectivity index (χ4n) is 4.49. The molecule has 0 radical (unpaired) electrons. The number of rotatable bonds is 7. The number of nitrogens with two attached hydrogens (primary N) is 1. The van der Waals surface area contributed by atoms with Crippen LogP contribution in [-0.2, 0) is 5.60 Å². The second-order valence-electron chi connectivity index (χ2n) is 7.98. The summed E-state index contributed by atoms with van der Waals surface area (Å²) in [5.41, 5.74) is 7.61. The van der Waals surface area contributed by atoms with Gasteiger partial charge in [0, 0.05) is 19.3 Å². The van der Waals surface area contributed by atoms with E-state index < -0.39 is 5.60 Å². The van der Waals surface area contributed by atoms with Crippen LogP contribution in [-0.4, -0.2) is 41.2 Å². The number of likely N-dealkylation sites (tertiary alicyclic amines) is 1. The van der Waals surface area contributed by atoms with Crippen LogP contribution in [0.5, 0.6) is 0 Å². The molecule has 0 unspecified atom stereocenters.